The Kier molecular flexibility index (Phi) is 4.74. The molecule has 7 heteroatoms. The summed E-state index contributed by atoms with van der Waals surface area (Å²) in [4.78, 5) is 7.86. The lowest BCUT2D eigenvalue weighted by molar-refractivity contribution is 0.317. The summed E-state index contributed by atoms with van der Waals surface area (Å²) >= 11 is 10.8. The maximum atomic E-state index is 10.0. The molecule has 2 heterocycles. The highest BCUT2D eigenvalue weighted by Crippen LogP contribution is 2.38. The van der Waals surface area contributed by atoms with Crippen LogP contribution in [0.4, 0.5) is 5.00 Å². The molecule has 118 valence electrons. The predicted octanol–water partition coefficient (Wildman–Crippen LogP) is 4.48. The molecule has 4 nitrogen and oxygen atoms in total. The number of phenols is 1. The summed E-state index contributed by atoms with van der Waals surface area (Å²) < 4.78 is 0.759. The molecule has 1 aliphatic heterocycles. The lowest BCUT2D eigenvalue weighted by atomic mass is 10.0. The molecule has 0 spiro atoms. The average molecular weight is 411 g/mol. The molecule has 0 fully saturated rings. The van der Waals surface area contributed by atoms with Crippen LogP contribution >= 0.6 is 38.9 Å². The summed E-state index contributed by atoms with van der Waals surface area (Å²) in [5.41, 5.74) is 2.27. The van der Waals surface area contributed by atoms with Crippen molar-refractivity contribution < 1.29 is 5.11 Å². The first-order valence-corrected chi connectivity index (χ1v) is 8.93. The van der Waals surface area contributed by atoms with Crippen molar-refractivity contribution in [3.8, 4) is 11.8 Å². The second kappa shape index (κ2) is 6.62. The molecule has 1 aromatic heterocycles. The zero-order valence-corrected chi connectivity index (χ0v) is 15.5. The van der Waals surface area contributed by atoms with Gasteiger partial charge in [-0.15, -0.1) is 11.3 Å². The maximum Gasteiger partial charge on any atom is 0.143 e. The van der Waals surface area contributed by atoms with E-state index in [2.05, 4.69) is 38.9 Å². The summed E-state index contributed by atoms with van der Waals surface area (Å²) in [6.45, 7) is 1.79. The van der Waals surface area contributed by atoms with Crippen molar-refractivity contribution in [1.29, 1.82) is 5.26 Å². The normalized spacial score (nSPS) is 14.9. The minimum atomic E-state index is -0.0156. The van der Waals surface area contributed by atoms with E-state index in [1.165, 1.54) is 16.2 Å². The zero-order chi connectivity index (χ0) is 16.6. The molecule has 1 N–H and O–H groups in total. The molecule has 0 amide bonds. The van der Waals surface area contributed by atoms with Crippen molar-refractivity contribution in [3.05, 3.63) is 43.2 Å². The van der Waals surface area contributed by atoms with Crippen LogP contribution in [0.15, 0.2) is 21.6 Å². The standard InChI is InChI=1S/C16H13BrClN3OS/c1-21-3-2-11-12(6-19)16(23-14(11)8-21)20-7-9-4-10(17)5-13(18)15(9)22/h4-5,7,22H,2-3,8H2,1H3. The number of fused-ring (bicyclic) bond motifs is 1. The second-order valence-corrected chi connectivity index (χ2v) is 7.77. The first-order chi connectivity index (χ1) is 11.0. The predicted molar refractivity (Wildman–Crippen MR) is 97.1 cm³/mol. The Labute approximate surface area is 151 Å². The molecule has 2 aromatic rings. The first kappa shape index (κ1) is 16.5. The minimum Gasteiger partial charge on any atom is -0.506 e. The number of nitrogens with zero attached hydrogens (tertiary/aromatic N) is 3. The summed E-state index contributed by atoms with van der Waals surface area (Å²) in [6.07, 6.45) is 2.42. The fourth-order valence-corrected chi connectivity index (χ4v) is 4.59. The highest BCUT2D eigenvalue weighted by Gasteiger charge is 2.22. The Morgan fingerprint density at radius 2 is 2.30 bits per heavy atom. The van der Waals surface area contributed by atoms with Gasteiger partial charge in [-0.3, -0.25) is 0 Å². The molecule has 0 bridgehead atoms. The number of halogens is 2. The van der Waals surface area contributed by atoms with Crippen molar-refractivity contribution in [2.24, 2.45) is 4.99 Å². The molecular weight excluding hydrogens is 398 g/mol. The summed E-state index contributed by atoms with van der Waals surface area (Å²) in [5.74, 6) is -0.0156. The van der Waals surface area contributed by atoms with Gasteiger partial charge in [0.25, 0.3) is 0 Å². The number of benzene rings is 1. The molecule has 1 aliphatic rings. The molecule has 23 heavy (non-hydrogen) atoms. The largest absolute Gasteiger partial charge is 0.506 e. The summed E-state index contributed by atoms with van der Waals surface area (Å²) in [6, 6.07) is 5.63. The molecular formula is C16H13BrClN3OS. The van der Waals surface area contributed by atoms with Crippen molar-refractivity contribution in [2.45, 2.75) is 13.0 Å². The SMILES string of the molecule is CN1CCc2c(sc(N=Cc3cc(Br)cc(Cl)c3O)c2C#N)C1. The Balaban J connectivity index is 2.00. The zero-order valence-electron chi connectivity index (χ0n) is 12.3. The first-order valence-electron chi connectivity index (χ1n) is 6.95. The Morgan fingerprint density at radius 3 is 3.04 bits per heavy atom. The van der Waals surface area contributed by atoms with Gasteiger partial charge in [0, 0.05) is 34.2 Å². The van der Waals surface area contributed by atoms with E-state index in [1.54, 1.807) is 18.3 Å². The van der Waals surface area contributed by atoms with Crippen LogP contribution in [-0.2, 0) is 13.0 Å². The van der Waals surface area contributed by atoms with Gasteiger partial charge >= 0.3 is 0 Å². The van der Waals surface area contributed by atoms with Crippen LogP contribution in [0.2, 0.25) is 5.02 Å². The van der Waals surface area contributed by atoms with Crippen molar-refractivity contribution in [3.63, 3.8) is 0 Å². The third kappa shape index (κ3) is 3.29. The topological polar surface area (TPSA) is 59.6 Å². The number of aliphatic imine (C=N–C) groups is 1. The van der Waals surface area contributed by atoms with E-state index in [-0.39, 0.29) is 10.8 Å². The number of likely N-dealkylation sites (N-methyl/N-ethyl adjacent to an activating group) is 1. The molecule has 3 rings (SSSR count). The van der Waals surface area contributed by atoms with Gasteiger partial charge in [0.15, 0.2) is 0 Å². The quantitative estimate of drug-likeness (QED) is 0.743. The monoisotopic (exact) mass is 409 g/mol. The number of nitriles is 1. The maximum absolute atomic E-state index is 10.0. The Morgan fingerprint density at radius 1 is 1.52 bits per heavy atom. The Hall–Kier alpha value is -1.39. The molecule has 0 saturated heterocycles. The molecule has 0 unspecified atom stereocenters. The van der Waals surface area contributed by atoms with E-state index in [0.717, 1.165) is 29.5 Å². The van der Waals surface area contributed by atoms with Crippen LogP contribution in [-0.4, -0.2) is 29.8 Å². The van der Waals surface area contributed by atoms with Gasteiger partial charge in [0.05, 0.1) is 10.6 Å². The fourth-order valence-electron chi connectivity index (χ4n) is 2.54. The van der Waals surface area contributed by atoms with Gasteiger partial charge in [-0.05, 0) is 31.2 Å². The molecule has 1 aromatic carbocycles. The van der Waals surface area contributed by atoms with Crippen LogP contribution in [0.5, 0.6) is 5.75 Å². The van der Waals surface area contributed by atoms with Gasteiger partial charge in [-0.1, -0.05) is 27.5 Å². The van der Waals surface area contributed by atoms with Gasteiger partial charge in [0.1, 0.15) is 16.8 Å². The van der Waals surface area contributed by atoms with Crippen LogP contribution < -0.4 is 0 Å². The number of thiophene rings is 1. The van der Waals surface area contributed by atoms with Crippen molar-refractivity contribution in [1.82, 2.24) is 4.90 Å². The van der Waals surface area contributed by atoms with E-state index in [9.17, 15) is 10.4 Å². The van der Waals surface area contributed by atoms with Gasteiger partial charge in [0.2, 0.25) is 0 Å². The van der Waals surface area contributed by atoms with E-state index in [1.807, 2.05) is 0 Å². The van der Waals surface area contributed by atoms with Crippen LogP contribution in [0.1, 0.15) is 21.6 Å². The molecule has 0 atom stereocenters. The van der Waals surface area contributed by atoms with Gasteiger partial charge < -0.3 is 10.0 Å². The van der Waals surface area contributed by atoms with Gasteiger partial charge in [-0.2, -0.15) is 5.26 Å². The van der Waals surface area contributed by atoms with Crippen molar-refractivity contribution >= 4 is 50.1 Å². The Bertz CT molecular complexity index is 841. The van der Waals surface area contributed by atoms with Gasteiger partial charge in [-0.25, -0.2) is 4.99 Å². The van der Waals surface area contributed by atoms with E-state index < -0.39 is 0 Å². The number of phenolic OH excluding ortho intramolecular Hbond substituents is 1. The van der Waals surface area contributed by atoms with E-state index in [4.69, 9.17) is 11.6 Å². The number of hydrogen-bond donors (Lipinski definition) is 1. The lowest BCUT2D eigenvalue weighted by Gasteiger charge is -2.21. The fraction of sp³-hybridized carbons (Fsp3) is 0.250. The smallest absolute Gasteiger partial charge is 0.143 e. The molecule has 0 saturated carbocycles. The second-order valence-electron chi connectivity index (χ2n) is 5.37. The average Bonchev–Trinajstić information content (AvgIpc) is 2.85. The van der Waals surface area contributed by atoms with E-state index in [0.29, 0.717) is 16.1 Å². The molecule has 0 aliphatic carbocycles. The highest BCUT2D eigenvalue weighted by molar-refractivity contribution is 9.10. The number of hydrogen-bond acceptors (Lipinski definition) is 5. The number of aromatic hydroxyl groups is 1. The third-order valence-corrected chi connectivity index (χ3v) is 5.59. The number of rotatable bonds is 2. The van der Waals surface area contributed by atoms with Crippen LogP contribution in [0.25, 0.3) is 0 Å². The van der Waals surface area contributed by atoms with E-state index >= 15 is 0 Å². The lowest BCUT2D eigenvalue weighted by Crippen LogP contribution is -2.25. The summed E-state index contributed by atoms with van der Waals surface area (Å²) in [7, 11) is 2.07. The van der Waals surface area contributed by atoms with Crippen LogP contribution in [0, 0.1) is 11.3 Å². The minimum absolute atomic E-state index is 0.0156. The summed E-state index contributed by atoms with van der Waals surface area (Å²) in [5, 5.41) is 20.4. The van der Waals surface area contributed by atoms with Crippen LogP contribution in [0.3, 0.4) is 0 Å². The highest BCUT2D eigenvalue weighted by atomic mass is 79.9. The van der Waals surface area contributed by atoms with Crippen molar-refractivity contribution in [2.75, 3.05) is 13.6 Å². The third-order valence-electron chi connectivity index (χ3n) is 3.72. The molecule has 0 radical (unpaired) electrons.